The van der Waals surface area contributed by atoms with Gasteiger partial charge in [-0.1, -0.05) is 32.0 Å². The fourth-order valence-electron chi connectivity index (χ4n) is 1.42. The number of hydrogen-bond acceptors (Lipinski definition) is 2. The molecule has 81 valence electrons. The molecule has 0 aliphatic carbocycles. The predicted molar refractivity (Wildman–Crippen MR) is 65.1 cm³/mol. The van der Waals surface area contributed by atoms with E-state index in [0.717, 1.165) is 37.2 Å². The van der Waals surface area contributed by atoms with E-state index >= 15 is 0 Å². The first-order valence-corrected chi connectivity index (χ1v) is 5.93. The molecule has 0 aliphatic heterocycles. The van der Waals surface area contributed by atoms with Gasteiger partial charge in [0, 0.05) is 6.54 Å². The van der Waals surface area contributed by atoms with Crippen LogP contribution in [0.25, 0.3) is 0 Å². The lowest BCUT2D eigenvalue weighted by atomic mass is 10.3. The first-order chi connectivity index (χ1) is 7.27. The largest absolute Gasteiger partial charge is 0.492 e. The molecule has 0 saturated carbocycles. The van der Waals surface area contributed by atoms with E-state index in [9.17, 15) is 0 Å². The molecule has 1 aromatic rings. The van der Waals surface area contributed by atoms with Gasteiger partial charge in [0.1, 0.15) is 12.4 Å². The van der Waals surface area contributed by atoms with E-state index < -0.39 is 0 Å². The summed E-state index contributed by atoms with van der Waals surface area (Å²) in [7, 11) is 3.51. The highest BCUT2D eigenvalue weighted by Gasteiger charge is 2.00. The summed E-state index contributed by atoms with van der Waals surface area (Å²) in [4.78, 5) is 2.34. The highest BCUT2D eigenvalue weighted by atomic mass is 28.1. The van der Waals surface area contributed by atoms with E-state index in [4.69, 9.17) is 4.74 Å². The van der Waals surface area contributed by atoms with Gasteiger partial charge in [-0.2, -0.15) is 0 Å². The van der Waals surface area contributed by atoms with Crippen molar-refractivity contribution in [1.82, 2.24) is 4.90 Å². The van der Waals surface area contributed by atoms with Gasteiger partial charge in [0.2, 0.25) is 0 Å². The van der Waals surface area contributed by atoms with E-state index in [1.807, 2.05) is 24.3 Å². The number of benzene rings is 1. The molecule has 0 aromatic heterocycles. The normalized spacial score (nSPS) is 10.7. The third-order valence-corrected chi connectivity index (χ3v) is 2.86. The molecule has 0 spiro atoms. The van der Waals surface area contributed by atoms with Gasteiger partial charge >= 0.3 is 0 Å². The zero-order valence-electron chi connectivity index (χ0n) is 9.49. The molecule has 1 rings (SSSR count). The van der Waals surface area contributed by atoms with E-state index in [1.54, 1.807) is 0 Å². The summed E-state index contributed by atoms with van der Waals surface area (Å²) in [6, 6.07) is 7.93. The first kappa shape index (κ1) is 12.3. The van der Waals surface area contributed by atoms with Crippen LogP contribution in [0, 0.1) is 0 Å². The van der Waals surface area contributed by atoms with Crippen molar-refractivity contribution in [2.45, 2.75) is 13.8 Å². The van der Waals surface area contributed by atoms with Crippen LogP contribution in [0.15, 0.2) is 24.3 Å². The Hall–Kier alpha value is -0.803. The fourth-order valence-corrected chi connectivity index (χ4v) is 1.67. The van der Waals surface area contributed by atoms with Crippen LogP contribution in [0.3, 0.4) is 0 Å². The summed E-state index contributed by atoms with van der Waals surface area (Å²) in [5, 5.41) is 1.01. The molecular formula is C12H18NOSi. The molecule has 2 nitrogen and oxygen atoms in total. The maximum atomic E-state index is 5.68. The average molecular weight is 220 g/mol. The summed E-state index contributed by atoms with van der Waals surface area (Å²) < 4.78 is 5.68. The number of hydrogen-bond donors (Lipinski definition) is 0. The molecule has 15 heavy (non-hydrogen) atoms. The quantitative estimate of drug-likeness (QED) is 0.668. The van der Waals surface area contributed by atoms with E-state index in [2.05, 4.69) is 29.0 Å². The Morgan fingerprint density at radius 3 is 2.47 bits per heavy atom. The van der Waals surface area contributed by atoms with Crippen LogP contribution in [0.1, 0.15) is 13.8 Å². The standard InChI is InChI=1S/C12H18NOSi/c1-3-13(4-2)9-10-14-11-7-5-6-8-12(11)15/h5-8H,3-4,9-10H2,1-2H3. The van der Waals surface area contributed by atoms with Crippen molar-refractivity contribution in [2.75, 3.05) is 26.2 Å². The number of para-hydroxylation sites is 1. The smallest absolute Gasteiger partial charge is 0.117 e. The summed E-state index contributed by atoms with van der Waals surface area (Å²) in [6.45, 7) is 8.21. The molecule has 0 heterocycles. The third kappa shape index (κ3) is 4.06. The lowest BCUT2D eigenvalue weighted by Gasteiger charge is -2.18. The minimum absolute atomic E-state index is 0.739. The highest BCUT2D eigenvalue weighted by molar-refractivity contribution is 6.34. The number of likely N-dealkylation sites (N-methyl/N-ethyl adjacent to an activating group) is 1. The Morgan fingerprint density at radius 2 is 1.87 bits per heavy atom. The summed E-state index contributed by atoms with van der Waals surface area (Å²) in [6.07, 6.45) is 0. The van der Waals surface area contributed by atoms with Gasteiger partial charge in [0.05, 0.1) is 10.2 Å². The Morgan fingerprint density at radius 1 is 1.20 bits per heavy atom. The van der Waals surface area contributed by atoms with Crippen molar-refractivity contribution in [3.63, 3.8) is 0 Å². The molecule has 0 unspecified atom stereocenters. The summed E-state index contributed by atoms with van der Waals surface area (Å²) >= 11 is 0. The fraction of sp³-hybridized carbons (Fsp3) is 0.500. The van der Waals surface area contributed by atoms with Crippen molar-refractivity contribution in [3.05, 3.63) is 24.3 Å². The van der Waals surface area contributed by atoms with Crippen LogP contribution in [0.5, 0.6) is 5.75 Å². The minimum atomic E-state index is 0.739. The third-order valence-electron chi connectivity index (χ3n) is 2.45. The molecule has 3 heteroatoms. The molecule has 0 N–H and O–H groups in total. The monoisotopic (exact) mass is 220 g/mol. The number of rotatable bonds is 6. The van der Waals surface area contributed by atoms with Crippen molar-refractivity contribution in [2.24, 2.45) is 0 Å². The molecule has 1 aromatic carbocycles. The topological polar surface area (TPSA) is 12.5 Å². The second kappa shape index (κ2) is 6.64. The van der Waals surface area contributed by atoms with Crippen LogP contribution in [0.2, 0.25) is 0 Å². The Bertz CT molecular complexity index is 287. The lowest BCUT2D eigenvalue weighted by molar-refractivity contribution is 0.224. The molecule has 0 fully saturated rings. The zero-order chi connectivity index (χ0) is 11.1. The molecule has 0 saturated heterocycles. The van der Waals surface area contributed by atoms with Crippen LogP contribution in [0.4, 0.5) is 0 Å². The van der Waals surface area contributed by atoms with Gasteiger partial charge < -0.3 is 9.64 Å². The highest BCUT2D eigenvalue weighted by Crippen LogP contribution is 2.04. The van der Waals surface area contributed by atoms with Crippen molar-refractivity contribution in [3.8, 4) is 5.75 Å². The van der Waals surface area contributed by atoms with Gasteiger partial charge in [-0.25, -0.2) is 0 Å². The summed E-state index contributed by atoms with van der Waals surface area (Å²) in [5.74, 6) is 0.918. The maximum Gasteiger partial charge on any atom is 0.117 e. The molecule has 0 bridgehead atoms. The van der Waals surface area contributed by atoms with Gasteiger partial charge in [-0.15, -0.1) is 0 Å². The molecule has 0 aliphatic rings. The zero-order valence-corrected chi connectivity index (χ0v) is 10.5. The molecule has 0 atom stereocenters. The number of nitrogens with zero attached hydrogens (tertiary/aromatic N) is 1. The molecule has 3 radical (unpaired) electrons. The Labute approximate surface area is 95.7 Å². The van der Waals surface area contributed by atoms with Crippen molar-refractivity contribution in [1.29, 1.82) is 0 Å². The van der Waals surface area contributed by atoms with Crippen LogP contribution >= 0.6 is 0 Å². The van der Waals surface area contributed by atoms with E-state index in [-0.39, 0.29) is 0 Å². The Kier molecular flexibility index (Phi) is 5.43. The van der Waals surface area contributed by atoms with Gasteiger partial charge in [0.15, 0.2) is 0 Å². The lowest BCUT2D eigenvalue weighted by Crippen LogP contribution is -2.28. The van der Waals surface area contributed by atoms with Crippen molar-refractivity contribution < 1.29 is 4.74 Å². The number of ether oxygens (including phenoxy) is 1. The second-order valence-corrected chi connectivity index (χ2v) is 3.91. The van der Waals surface area contributed by atoms with Gasteiger partial charge in [-0.05, 0) is 24.3 Å². The molecular weight excluding hydrogens is 202 g/mol. The molecule has 0 amide bonds. The van der Waals surface area contributed by atoms with Crippen LogP contribution in [-0.2, 0) is 0 Å². The second-order valence-electron chi connectivity index (χ2n) is 3.37. The van der Waals surface area contributed by atoms with Crippen LogP contribution < -0.4 is 9.92 Å². The van der Waals surface area contributed by atoms with E-state index in [0.29, 0.717) is 0 Å². The SMILES string of the molecule is CCN(CC)CCOc1ccccc1[Si]. The van der Waals surface area contributed by atoms with Gasteiger partial charge in [0.25, 0.3) is 0 Å². The average Bonchev–Trinajstić information content (AvgIpc) is 2.27. The Balaban J connectivity index is 2.34. The van der Waals surface area contributed by atoms with Crippen LogP contribution in [-0.4, -0.2) is 41.4 Å². The summed E-state index contributed by atoms with van der Waals surface area (Å²) in [5.41, 5.74) is 0. The van der Waals surface area contributed by atoms with Crippen molar-refractivity contribution >= 4 is 15.4 Å². The first-order valence-electron chi connectivity index (χ1n) is 5.43. The maximum absolute atomic E-state index is 5.68. The van der Waals surface area contributed by atoms with E-state index in [1.165, 1.54) is 0 Å². The predicted octanol–water partition coefficient (Wildman–Crippen LogP) is 1.20. The van der Waals surface area contributed by atoms with Gasteiger partial charge in [-0.3, -0.25) is 0 Å². The minimum Gasteiger partial charge on any atom is -0.492 e.